The third-order valence-electron chi connectivity index (χ3n) is 1.72. The highest BCUT2D eigenvalue weighted by molar-refractivity contribution is 5.74. The molecule has 3 nitrogen and oxygen atoms in total. The van der Waals surface area contributed by atoms with Crippen LogP contribution in [0.15, 0.2) is 22.6 Å². The molecule has 2 rings (SSSR count). The van der Waals surface area contributed by atoms with Crippen molar-refractivity contribution >= 4 is 11.1 Å². The summed E-state index contributed by atoms with van der Waals surface area (Å²) in [6.45, 7) is 0. The molecule has 0 atom stereocenters. The molecule has 14 heavy (non-hydrogen) atoms. The molecule has 0 fully saturated rings. The van der Waals surface area contributed by atoms with Crippen molar-refractivity contribution in [2.24, 2.45) is 0 Å². The van der Waals surface area contributed by atoms with E-state index in [1.807, 2.05) is 6.07 Å². The fraction of sp³-hybridized carbons (Fsp3) is 0.111. The maximum atomic E-state index is 12.2. The van der Waals surface area contributed by atoms with Gasteiger partial charge >= 0.3 is 6.43 Å². The van der Waals surface area contributed by atoms with Gasteiger partial charge in [0, 0.05) is 6.07 Å². The smallest absolute Gasteiger partial charge is 0.313 e. The van der Waals surface area contributed by atoms with Gasteiger partial charge in [-0.3, -0.25) is 0 Å². The summed E-state index contributed by atoms with van der Waals surface area (Å²) in [6.07, 6.45) is -2.73. The van der Waals surface area contributed by atoms with E-state index in [0.29, 0.717) is 11.1 Å². The van der Waals surface area contributed by atoms with E-state index in [-0.39, 0.29) is 5.58 Å². The van der Waals surface area contributed by atoms with Crippen molar-refractivity contribution in [1.82, 2.24) is 4.98 Å². The van der Waals surface area contributed by atoms with Crippen LogP contribution in [0.5, 0.6) is 0 Å². The predicted molar refractivity (Wildman–Crippen MR) is 43.7 cm³/mol. The zero-order valence-electron chi connectivity index (χ0n) is 6.87. The summed E-state index contributed by atoms with van der Waals surface area (Å²) in [6, 6.07) is 6.24. The second-order valence-electron chi connectivity index (χ2n) is 2.65. The number of halogens is 2. The van der Waals surface area contributed by atoms with E-state index in [2.05, 4.69) is 4.98 Å². The normalized spacial score (nSPS) is 10.7. The lowest BCUT2D eigenvalue weighted by molar-refractivity contribution is 0.117. The standard InChI is InChI=1S/C9H4F2N2O/c10-8(11)9-13-6-2-1-5(4-12)3-7(6)14-9/h1-3,8H. The molecule has 0 aliphatic rings. The Hall–Kier alpha value is -1.96. The second-order valence-corrected chi connectivity index (χ2v) is 2.65. The fourth-order valence-electron chi connectivity index (χ4n) is 1.11. The van der Waals surface area contributed by atoms with E-state index in [0.717, 1.165) is 0 Å². The largest absolute Gasteiger partial charge is 0.435 e. The van der Waals surface area contributed by atoms with Gasteiger partial charge in [0.25, 0.3) is 5.89 Å². The average molecular weight is 194 g/mol. The van der Waals surface area contributed by atoms with Crippen molar-refractivity contribution < 1.29 is 13.2 Å². The van der Waals surface area contributed by atoms with Crippen LogP contribution in [0.1, 0.15) is 17.9 Å². The van der Waals surface area contributed by atoms with E-state index >= 15 is 0 Å². The zero-order valence-corrected chi connectivity index (χ0v) is 6.87. The molecule has 1 aromatic carbocycles. The van der Waals surface area contributed by atoms with E-state index in [9.17, 15) is 8.78 Å². The van der Waals surface area contributed by atoms with Crippen molar-refractivity contribution in [3.05, 3.63) is 29.7 Å². The minimum Gasteiger partial charge on any atom is -0.435 e. The molecule has 0 unspecified atom stereocenters. The number of hydrogen-bond donors (Lipinski definition) is 0. The third-order valence-corrected chi connectivity index (χ3v) is 1.72. The van der Waals surface area contributed by atoms with Crippen molar-refractivity contribution in [1.29, 1.82) is 5.26 Å². The van der Waals surface area contributed by atoms with Crippen molar-refractivity contribution in [3.8, 4) is 6.07 Å². The Kier molecular flexibility index (Phi) is 1.89. The SMILES string of the molecule is N#Cc1ccc2nc(C(F)F)oc2c1. The van der Waals surface area contributed by atoms with Crippen LogP contribution in [0, 0.1) is 11.3 Å². The lowest BCUT2D eigenvalue weighted by Gasteiger charge is -1.87. The number of alkyl halides is 2. The van der Waals surface area contributed by atoms with Gasteiger partial charge in [-0.25, -0.2) is 4.98 Å². The monoisotopic (exact) mass is 194 g/mol. The second kappa shape index (κ2) is 3.07. The first-order valence-electron chi connectivity index (χ1n) is 3.79. The van der Waals surface area contributed by atoms with Crippen LogP contribution in [-0.2, 0) is 0 Å². The van der Waals surface area contributed by atoms with Crippen LogP contribution in [-0.4, -0.2) is 4.98 Å². The zero-order chi connectivity index (χ0) is 10.1. The number of nitrogens with zero attached hydrogens (tertiary/aromatic N) is 2. The highest BCUT2D eigenvalue weighted by atomic mass is 19.3. The van der Waals surface area contributed by atoms with Crippen molar-refractivity contribution in [2.45, 2.75) is 6.43 Å². The summed E-state index contributed by atoms with van der Waals surface area (Å²) in [5, 5.41) is 8.55. The van der Waals surface area contributed by atoms with E-state index in [1.165, 1.54) is 18.2 Å². The molecule has 0 saturated heterocycles. The van der Waals surface area contributed by atoms with Gasteiger partial charge in [-0.2, -0.15) is 14.0 Å². The summed E-state index contributed by atoms with van der Waals surface area (Å²) >= 11 is 0. The summed E-state index contributed by atoms with van der Waals surface area (Å²) in [5.41, 5.74) is 0.896. The molecule has 0 amide bonds. The highest BCUT2D eigenvalue weighted by Gasteiger charge is 2.15. The minimum atomic E-state index is -2.73. The van der Waals surface area contributed by atoms with Gasteiger partial charge in [0.1, 0.15) is 5.52 Å². The van der Waals surface area contributed by atoms with Crippen molar-refractivity contribution in [3.63, 3.8) is 0 Å². The van der Waals surface area contributed by atoms with Gasteiger partial charge in [0.2, 0.25) is 0 Å². The topological polar surface area (TPSA) is 49.8 Å². The molecule has 70 valence electrons. The molecule has 0 spiro atoms. The highest BCUT2D eigenvalue weighted by Crippen LogP contribution is 2.23. The number of oxazole rings is 1. The average Bonchev–Trinajstić information content (AvgIpc) is 2.59. The number of fused-ring (bicyclic) bond motifs is 1. The van der Waals surface area contributed by atoms with Crippen LogP contribution in [0.2, 0.25) is 0 Å². The molecular formula is C9H4F2N2O. The number of hydrogen-bond acceptors (Lipinski definition) is 3. The van der Waals surface area contributed by atoms with Gasteiger partial charge in [-0.15, -0.1) is 0 Å². The molecule has 0 radical (unpaired) electrons. The maximum Gasteiger partial charge on any atom is 0.313 e. The Balaban J connectivity index is 2.61. The molecule has 0 bridgehead atoms. The Morgan fingerprint density at radius 3 is 2.86 bits per heavy atom. The summed E-state index contributed by atoms with van der Waals surface area (Å²) in [4.78, 5) is 3.56. The molecule has 0 aliphatic carbocycles. The number of nitriles is 1. The van der Waals surface area contributed by atoms with Crippen LogP contribution in [0.25, 0.3) is 11.1 Å². The van der Waals surface area contributed by atoms with Crippen LogP contribution >= 0.6 is 0 Å². The molecule has 1 heterocycles. The summed E-state index contributed by atoms with van der Waals surface area (Å²) < 4.78 is 29.1. The Labute approximate surface area is 77.6 Å². The minimum absolute atomic E-state index is 0.208. The van der Waals surface area contributed by atoms with Crippen LogP contribution in [0.3, 0.4) is 0 Å². The lowest BCUT2D eigenvalue weighted by atomic mass is 10.2. The maximum absolute atomic E-state index is 12.2. The Bertz CT molecular complexity index is 513. The fourth-order valence-corrected chi connectivity index (χ4v) is 1.11. The molecule has 5 heteroatoms. The van der Waals surface area contributed by atoms with Crippen LogP contribution in [0.4, 0.5) is 8.78 Å². The van der Waals surface area contributed by atoms with Gasteiger partial charge < -0.3 is 4.42 Å². The first-order chi connectivity index (χ1) is 6.70. The quantitative estimate of drug-likeness (QED) is 0.701. The van der Waals surface area contributed by atoms with Gasteiger partial charge in [0.05, 0.1) is 11.6 Å². The molecule has 0 saturated carbocycles. The number of rotatable bonds is 1. The molecule has 2 aromatic rings. The number of benzene rings is 1. The molecule has 1 aromatic heterocycles. The number of aromatic nitrogens is 1. The Morgan fingerprint density at radius 1 is 1.43 bits per heavy atom. The Morgan fingerprint density at radius 2 is 2.21 bits per heavy atom. The predicted octanol–water partition coefficient (Wildman–Crippen LogP) is 2.64. The third kappa shape index (κ3) is 1.31. The van der Waals surface area contributed by atoms with Gasteiger partial charge in [-0.05, 0) is 12.1 Å². The molecule has 0 N–H and O–H groups in total. The van der Waals surface area contributed by atoms with E-state index in [1.54, 1.807) is 0 Å². The van der Waals surface area contributed by atoms with Gasteiger partial charge in [0.15, 0.2) is 5.58 Å². The summed E-state index contributed by atoms with van der Waals surface area (Å²) in [5.74, 6) is -0.616. The van der Waals surface area contributed by atoms with Gasteiger partial charge in [-0.1, -0.05) is 0 Å². The molecular weight excluding hydrogens is 190 g/mol. The van der Waals surface area contributed by atoms with E-state index in [4.69, 9.17) is 9.68 Å². The van der Waals surface area contributed by atoms with Crippen LogP contribution < -0.4 is 0 Å². The first kappa shape index (κ1) is 8.63. The molecule has 0 aliphatic heterocycles. The lowest BCUT2D eigenvalue weighted by Crippen LogP contribution is -1.80. The first-order valence-corrected chi connectivity index (χ1v) is 3.79. The van der Waals surface area contributed by atoms with E-state index < -0.39 is 12.3 Å². The summed E-state index contributed by atoms with van der Waals surface area (Å²) in [7, 11) is 0. The van der Waals surface area contributed by atoms with Crippen molar-refractivity contribution in [2.75, 3.05) is 0 Å².